The summed E-state index contributed by atoms with van der Waals surface area (Å²) in [4.78, 5) is 6.34. The number of ether oxygens (including phenoxy) is 1. The van der Waals surface area contributed by atoms with Crippen LogP contribution in [0.3, 0.4) is 0 Å². The molecule has 100 valence electrons. The van der Waals surface area contributed by atoms with Crippen LogP contribution in [0.5, 0.6) is 5.75 Å². The van der Waals surface area contributed by atoms with Gasteiger partial charge in [0.2, 0.25) is 0 Å². The first-order valence-corrected chi connectivity index (χ1v) is 5.52. The van der Waals surface area contributed by atoms with E-state index in [0.717, 1.165) is 24.6 Å². The quantitative estimate of drug-likeness (QED) is 0.831. The molecular formula is C12H17FIN3O. The highest BCUT2D eigenvalue weighted by Crippen LogP contribution is 2.15. The number of nitrogens with zero attached hydrogens (tertiary/aromatic N) is 2. The van der Waals surface area contributed by atoms with Gasteiger partial charge in [-0.3, -0.25) is 4.99 Å². The van der Waals surface area contributed by atoms with Crippen molar-refractivity contribution in [2.24, 2.45) is 4.99 Å². The minimum absolute atomic E-state index is 0. The van der Waals surface area contributed by atoms with E-state index in [4.69, 9.17) is 4.74 Å². The summed E-state index contributed by atoms with van der Waals surface area (Å²) < 4.78 is 18.3. The zero-order valence-electron chi connectivity index (χ0n) is 10.4. The first-order chi connectivity index (χ1) is 8.19. The smallest absolute Gasteiger partial charge is 0.194 e. The lowest BCUT2D eigenvalue weighted by Gasteiger charge is -2.15. The molecule has 0 unspecified atom stereocenters. The molecule has 1 aliphatic heterocycles. The molecule has 0 atom stereocenters. The van der Waals surface area contributed by atoms with Gasteiger partial charge in [0.05, 0.1) is 13.7 Å². The van der Waals surface area contributed by atoms with E-state index in [0.29, 0.717) is 12.3 Å². The lowest BCUT2D eigenvalue weighted by molar-refractivity contribution is 0.410. The summed E-state index contributed by atoms with van der Waals surface area (Å²) in [5, 5.41) is 3.18. The van der Waals surface area contributed by atoms with Gasteiger partial charge >= 0.3 is 0 Å². The molecule has 1 N–H and O–H groups in total. The summed E-state index contributed by atoms with van der Waals surface area (Å²) in [6.45, 7) is 2.28. The van der Waals surface area contributed by atoms with E-state index in [9.17, 15) is 4.39 Å². The van der Waals surface area contributed by atoms with Crippen LogP contribution in [0.25, 0.3) is 0 Å². The van der Waals surface area contributed by atoms with E-state index in [1.54, 1.807) is 0 Å². The average molecular weight is 365 g/mol. The number of hydrogen-bond acceptors (Lipinski definition) is 4. The second kappa shape index (κ2) is 6.77. The van der Waals surface area contributed by atoms with Gasteiger partial charge in [-0.15, -0.1) is 24.0 Å². The fourth-order valence-corrected chi connectivity index (χ4v) is 1.75. The molecule has 0 saturated carbocycles. The molecule has 0 aliphatic carbocycles. The Morgan fingerprint density at radius 1 is 1.44 bits per heavy atom. The Hall–Kier alpha value is -1.05. The van der Waals surface area contributed by atoms with Crippen LogP contribution in [0.2, 0.25) is 0 Å². The largest absolute Gasteiger partial charge is 0.497 e. The molecule has 0 spiro atoms. The lowest BCUT2D eigenvalue weighted by atomic mass is 10.2. The first kappa shape index (κ1) is 15.0. The molecule has 4 nitrogen and oxygen atoms in total. The highest BCUT2D eigenvalue weighted by Gasteiger charge is 2.11. The van der Waals surface area contributed by atoms with Gasteiger partial charge < -0.3 is 15.0 Å². The third-order valence-electron chi connectivity index (χ3n) is 2.68. The summed E-state index contributed by atoms with van der Waals surface area (Å²) in [5.41, 5.74) is 0.838. The van der Waals surface area contributed by atoms with Gasteiger partial charge in [0, 0.05) is 26.2 Å². The number of benzene rings is 1. The van der Waals surface area contributed by atoms with Crippen LogP contribution < -0.4 is 10.1 Å². The normalized spacial score (nSPS) is 13.9. The minimum atomic E-state index is -0.289. The maximum absolute atomic E-state index is 13.2. The van der Waals surface area contributed by atoms with Crippen molar-refractivity contribution >= 4 is 29.9 Å². The number of methoxy groups -OCH3 is 1. The second-order valence-corrected chi connectivity index (χ2v) is 3.98. The molecule has 0 saturated heterocycles. The molecule has 0 fully saturated rings. The van der Waals surface area contributed by atoms with Crippen molar-refractivity contribution in [2.45, 2.75) is 6.54 Å². The van der Waals surface area contributed by atoms with Crippen molar-refractivity contribution in [1.82, 2.24) is 10.2 Å². The van der Waals surface area contributed by atoms with Crippen molar-refractivity contribution in [3.63, 3.8) is 0 Å². The summed E-state index contributed by atoms with van der Waals surface area (Å²) in [6.07, 6.45) is 0. The number of nitrogens with one attached hydrogen (secondary N) is 1. The van der Waals surface area contributed by atoms with Crippen molar-refractivity contribution in [3.05, 3.63) is 29.6 Å². The molecule has 1 aromatic rings. The summed E-state index contributed by atoms with van der Waals surface area (Å²) >= 11 is 0. The number of likely N-dealkylation sites (N-methyl/N-ethyl adjacent to an activating group) is 1. The molecule has 0 aromatic heterocycles. The molecule has 6 heteroatoms. The van der Waals surface area contributed by atoms with Crippen LogP contribution in [-0.2, 0) is 6.54 Å². The predicted molar refractivity (Wildman–Crippen MR) is 80.1 cm³/mol. The number of hydrogen-bond donors (Lipinski definition) is 1. The highest BCUT2D eigenvalue weighted by atomic mass is 127. The molecule has 1 heterocycles. The molecule has 0 radical (unpaired) electrons. The number of rotatable bonds is 3. The van der Waals surface area contributed by atoms with Crippen LogP contribution >= 0.6 is 24.0 Å². The molecule has 1 aliphatic rings. The second-order valence-electron chi connectivity index (χ2n) is 3.98. The Kier molecular flexibility index (Phi) is 5.64. The molecule has 2 rings (SSSR count). The standard InChI is InChI=1S/C12H16FN3O.HI/c1-16-4-3-14-12(16)15-8-9-5-10(13)7-11(6-9)17-2;/h5-7H,3-4,8H2,1-2H3,(H,14,15);1H. The van der Waals surface area contributed by atoms with Gasteiger partial charge in [0.15, 0.2) is 5.96 Å². The van der Waals surface area contributed by atoms with Gasteiger partial charge in [-0.2, -0.15) is 0 Å². The van der Waals surface area contributed by atoms with Crippen molar-refractivity contribution in [2.75, 3.05) is 27.2 Å². The molecule has 18 heavy (non-hydrogen) atoms. The first-order valence-electron chi connectivity index (χ1n) is 5.52. The maximum atomic E-state index is 13.2. The number of aliphatic imine (C=N–C) groups is 1. The Bertz CT molecular complexity index is 439. The minimum Gasteiger partial charge on any atom is -0.497 e. The maximum Gasteiger partial charge on any atom is 0.194 e. The van der Waals surface area contributed by atoms with Gasteiger partial charge in [0.25, 0.3) is 0 Å². The Labute approximate surface area is 123 Å². The monoisotopic (exact) mass is 365 g/mol. The van der Waals surface area contributed by atoms with Crippen LogP contribution in [-0.4, -0.2) is 38.1 Å². The summed E-state index contributed by atoms with van der Waals surface area (Å²) in [5.74, 6) is 1.10. The van der Waals surface area contributed by atoms with Gasteiger partial charge in [-0.25, -0.2) is 4.39 Å². The van der Waals surface area contributed by atoms with Crippen molar-refractivity contribution in [1.29, 1.82) is 0 Å². The molecule has 1 aromatic carbocycles. The zero-order chi connectivity index (χ0) is 12.3. The molecule has 0 bridgehead atoms. The topological polar surface area (TPSA) is 36.9 Å². The highest BCUT2D eigenvalue weighted by molar-refractivity contribution is 14.0. The van der Waals surface area contributed by atoms with E-state index in [1.807, 2.05) is 18.0 Å². The third kappa shape index (κ3) is 3.72. The van der Waals surface area contributed by atoms with E-state index in [2.05, 4.69) is 10.3 Å². The van der Waals surface area contributed by atoms with Crippen molar-refractivity contribution in [3.8, 4) is 5.75 Å². The van der Waals surface area contributed by atoms with Crippen LogP contribution in [0, 0.1) is 5.82 Å². The Morgan fingerprint density at radius 3 is 2.83 bits per heavy atom. The van der Waals surface area contributed by atoms with Crippen LogP contribution in [0.1, 0.15) is 5.56 Å². The summed E-state index contributed by atoms with van der Waals surface area (Å²) in [7, 11) is 3.51. The number of guanidine groups is 1. The van der Waals surface area contributed by atoms with E-state index in [1.165, 1.54) is 19.2 Å². The van der Waals surface area contributed by atoms with Gasteiger partial charge in [-0.05, 0) is 17.7 Å². The fourth-order valence-electron chi connectivity index (χ4n) is 1.75. The van der Waals surface area contributed by atoms with Gasteiger partial charge in [0.1, 0.15) is 11.6 Å². The SMILES string of the molecule is COc1cc(F)cc(CNC2=NCCN2C)c1.I. The lowest BCUT2D eigenvalue weighted by Crippen LogP contribution is -2.35. The fraction of sp³-hybridized carbons (Fsp3) is 0.417. The van der Waals surface area contributed by atoms with Crippen LogP contribution in [0.15, 0.2) is 23.2 Å². The van der Waals surface area contributed by atoms with E-state index in [-0.39, 0.29) is 29.8 Å². The van der Waals surface area contributed by atoms with Crippen molar-refractivity contribution < 1.29 is 9.13 Å². The number of halogens is 2. The van der Waals surface area contributed by atoms with Crippen LogP contribution in [0.4, 0.5) is 4.39 Å². The third-order valence-corrected chi connectivity index (χ3v) is 2.68. The zero-order valence-corrected chi connectivity index (χ0v) is 12.8. The Morgan fingerprint density at radius 2 is 2.22 bits per heavy atom. The average Bonchev–Trinajstić information content (AvgIpc) is 2.71. The predicted octanol–water partition coefficient (Wildman–Crippen LogP) is 1.84. The molecule has 0 amide bonds. The molecular weight excluding hydrogens is 348 g/mol. The van der Waals surface area contributed by atoms with E-state index >= 15 is 0 Å². The Balaban J connectivity index is 0.00000162. The summed E-state index contributed by atoms with van der Waals surface area (Å²) in [6, 6.07) is 4.67. The van der Waals surface area contributed by atoms with Gasteiger partial charge in [-0.1, -0.05) is 0 Å². The van der Waals surface area contributed by atoms with E-state index < -0.39 is 0 Å².